The largest absolute Gasteiger partial charge is 0.368 e. The molecule has 2 aromatic rings. The van der Waals surface area contributed by atoms with Crippen LogP contribution < -0.4 is 11.1 Å². The van der Waals surface area contributed by atoms with Crippen molar-refractivity contribution >= 4 is 33.7 Å². The third-order valence-electron chi connectivity index (χ3n) is 2.71. The van der Waals surface area contributed by atoms with Gasteiger partial charge in [-0.2, -0.15) is 9.97 Å². The summed E-state index contributed by atoms with van der Waals surface area (Å²) in [7, 11) is -0.810. The molecule has 98 valence electrons. The molecule has 0 radical (unpaired) electrons. The molecular formula is C10H16N6OS. The highest BCUT2D eigenvalue weighted by molar-refractivity contribution is 7.84. The maximum atomic E-state index is 11.2. The van der Waals surface area contributed by atoms with Crippen LogP contribution in [-0.4, -0.2) is 42.2 Å². The van der Waals surface area contributed by atoms with Gasteiger partial charge < -0.3 is 16.0 Å². The molecule has 0 aliphatic carbocycles. The fourth-order valence-electron chi connectivity index (χ4n) is 1.54. The average Bonchev–Trinajstić information content (AvgIpc) is 2.76. The SMILES string of the molecule is CC(CCNc1nc(N)nc2nc[nH]c12)S(C)=O. The quantitative estimate of drug-likeness (QED) is 0.728. The van der Waals surface area contributed by atoms with E-state index in [0.29, 0.717) is 18.0 Å². The Bertz CT molecular complexity index is 568. The number of rotatable bonds is 5. The maximum Gasteiger partial charge on any atom is 0.224 e. The molecule has 0 amide bonds. The number of hydrogen-bond acceptors (Lipinski definition) is 6. The van der Waals surface area contributed by atoms with Crippen LogP contribution in [0.25, 0.3) is 11.2 Å². The van der Waals surface area contributed by atoms with Crippen LogP contribution in [0.15, 0.2) is 6.33 Å². The molecule has 0 spiro atoms. The lowest BCUT2D eigenvalue weighted by molar-refractivity contribution is 0.672. The van der Waals surface area contributed by atoms with Crippen LogP contribution in [0.2, 0.25) is 0 Å². The van der Waals surface area contributed by atoms with Crippen molar-refractivity contribution in [2.75, 3.05) is 23.9 Å². The highest BCUT2D eigenvalue weighted by Crippen LogP contribution is 2.17. The summed E-state index contributed by atoms with van der Waals surface area (Å²) < 4.78 is 11.2. The number of anilines is 2. The van der Waals surface area contributed by atoms with E-state index >= 15 is 0 Å². The summed E-state index contributed by atoms with van der Waals surface area (Å²) in [4.78, 5) is 15.1. The first kappa shape index (κ1) is 12.7. The summed E-state index contributed by atoms with van der Waals surface area (Å²) in [5.41, 5.74) is 6.87. The monoisotopic (exact) mass is 268 g/mol. The second-order valence-corrected chi connectivity index (χ2v) is 5.86. The van der Waals surface area contributed by atoms with Crippen LogP contribution in [-0.2, 0) is 10.8 Å². The molecule has 2 rings (SSSR count). The molecule has 0 aliphatic heterocycles. The van der Waals surface area contributed by atoms with Gasteiger partial charge in [0.2, 0.25) is 5.95 Å². The van der Waals surface area contributed by atoms with E-state index in [2.05, 4.69) is 25.3 Å². The first-order valence-corrected chi connectivity index (χ1v) is 7.22. The molecule has 0 aromatic carbocycles. The number of aromatic nitrogens is 4. The number of imidazole rings is 1. The number of nitrogens with zero attached hydrogens (tertiary/aromatic N) is 3. The molecule has 0 saturated carbocycles. The molecule has 0 bridgehead atoms. The number of fused-ring (bicyclic) bond motifs is 1. The Hall–Kier alpha value is -1.70. The third-order valence-corrected chi connectivity index (χ3v) is 4.08. The molecule has 0 saturated heterocycles. The van der Waals surface area contributed by atoms with Gasteiger partial charge in [-0.1, -0.05) is 6.92 Å². The highest BCUT2D eigenvalue weighted by atomic mass is 32.2. The number of aromatic amines is 1. The van der Waals surface area contributed by atoms with E-state index in [1.54, 1.807) is 12.6 Å². The fraction of sp³-hybridized carbons (Fsp3) is 0.500. The van der Waals surface area contributed by atoms with Crippen molar-refractivity contribution in [3.8, 4) is 0 Å². The predicted octanol–water partition coefficient (Wildman–Crippen LogP) is 0.504. The Balaban J connectivity index is 2.07. The molecule has 2 unspecified atom stereocenters. The van der Waals surface area contributed by atoms with Crippen LogP contribution in [0.3, 0.4) is 0 Å². The van der Waals surface area contributed by atoms with Crippen molar-refractivity contribution in [2.24, 2.45) is 0 Å². The minimum Gasteiger partial charge on any atom is -0.368 e. The molecule has 0 fully saturated rings. The highest BCUT2D eigenvalue weighted by Gasteiger charge is 2.09. The van der Waals surface area contributed by atoms with E-state index in [-0.39, 0.29) is 11.2 Å². The van der Waals surface area contributed by atoms with Crippen LogP contribution in [0.1, 0.15) is 13.3 Å². The van der Waals surface area contributed by atoms with E-state index in [4.69, 9.17) is 5.73 Å². The van der Waals surface area contributed by atoms with Crippen LogP contribution in [0, 0.1) is 0 Å². The molecule has 2 heterocycles. The minimum atomic E-state index is -0.810. The van der Waals surface area contributed by atoms with Gasteiger partial charge in [-0.25, -0.2) is 4.98 Å². The smallest absolute Gasteiger partial charge is 0.224 e. The first-order valence-electron chi connectivity index (χ1n) is 5.60. The standard InChI is InChI=1S/C10H16N6OS/c1-6(18(2)17)3-4-12-8-7-9(14-5-13-7)16-10(11)15-8/h5-6H,3-4H2,1-2H3,(H4,11,12,13,14,15,16). The minimum absolute atomic E-state index is 0.147. The lowest BCUT2D eigenvalue weighted by Crippen LogP contribution is -2.15. The molecule has 8 heteroatoms. The van der Waals surface area contributed by atoms with Gasteiger partial charge in [-0.3, -0.25) is 4.21 Å². The lowest BCUT2D eigenvalue weighted by atomic mass is 10.3. The molecular weight excluding hydrogens is 252 g/mol. The third kappa shape index (κ3) is 2.76. The Morgan fingerprint density at radius 2 is 2.33 bits per heavy atom. The number of hydrogen-bond donors (Lipinski definition) is 3. The van der Waals surface area contributed by atoms with Gasteiger partial charge in [0, 0.05) is 28.9 Å². The number of nitrogens with two attached hydrogens (primary N) is 1. The lowest BCUT2D eigenvalue weighted by Gasteiger charge is -2.10. The van der Waals surface area contributed by atoms with Crippen LogP contribution >= 0.6 is 0 Å². The van der Waals surface area contributed by atoms with E-state index in [1.165, 1.54) is 0 Å². The van der Waals surface area contributed by atoms with E-state index in [9.17, 15) is 4.21 Å². The molecule has 18 heavy (non-hydrogen) atoms. The Kier molecular flexibility index (Phi) is 3.75. The summed E-state index contributed by atoms with van der Waals surface area (Å²) in [5.74, 6) is 0.813. The molecule has 4 N–H and O–H groups in total. The van der Waals surface area contributed by atoms with Crippen molar-refractivity contribution in [2.45, 2.75) is 18.6 Å². The van der Waals surface area contributed by atoms with Gasteiger partial charge in [0.15, 0.2) is 11.5 Å². The normalized spacial score (nSPS) is 14.6. The van der Waals surface area contributed by atoms with Crippen molar-refractivity contribution in [1.29, 1.82) is 0 Å². The summed E-state index contributed by atoms with van der Waals surface area (Å²) >= 11 is 0. The molecule has 7 nitrogen and oxygen atoms in total. The Morgan fingerprint density at radius 3 is 3.06 bits per heavy atom. The van der Waals surface area contributed by atoms with Crippen LogP contribution in [0.5, 0.6) is 0 Å². The summed E-state index contributed by atoms with van der Waals surface area (Å²) in [6.07, 6.45) is 4.05. The Morgan fingerprint density at radius 1 is 1.56 bits per heavy atom. The van der Waals surface area contributed by atoms with Gasteiger partial charge in [-0.15, -0.1) is 0 Å². The fourth-order valence-corrected chi connectivity index (χ4v) is 1.99. The number of nitrogen functional groups attached to an aromatic ring is 1. The zero-order chi connectivity index (χ0) is 13.1. The zero-order valence-corrected chi connectivity index (χ0v) is 11.1. The summed E-state index contributed by atoms with van der Waals surface area (Å²) in [6, 6.07) is 0. The van der Waals surface area contributed by atoms with Crippen molar-refractivity contribution < 1.29 is 4.21 Å². The molecule has 2 atom stereocenters. The van der Waals surface area contributed by atoms with Gasteiger partial charge in [0.05, 0.1) is 6.33 Å². The van der Waals surface area contributed by atoms with Gasteiger partial charge in [-0.05, 0) is 6.42 Å². The maximum absolute atomic E-state index is 11.2. The zero-order valence-electron chi connectivity index (χ0n) is 10.3. The predicted molar refractivity (Wildman–Crippen MR) is 72.7 cm³/mol. The van der Waals surface area contributed by atoms with Gasteiger partial charge >= 0.3 is 0 Å². The van der Waals surface area contributed by atoms with E-state index in [0.717, 1.165) is 11.9 Å². The van der Waals surface area contributed by atoms with Crippen molar-refractivity contribution in [3.05, 3.63) is 6.33 Å². The number of H-pyrrole nitrogens is 1. The first-order chi connectivity index (χ1) is 8.58. The summed E-state index contributed by atoms with van der Waals surface area (Å²) in [5, 5.41) is 3.31. The molecule has 2 aromatic heterocycles. The second-order valence-electron chi connectivity index (χ2n) is 4.06. The van der Waals surface area contributed by atoms with Crippen molar-refractivity contribution in [1.82, 2.24) is 19.9 Å². The van der Waals surface area contributed by atoms with E-state index < -0.39 is 10.8 Å². The van der Waals surface area contributed by atoms with Crippen molar-refractivity contribution in [3.63, 3.8) is 0 Å². The second kappa shape index (κ2) is 5.30. The average molecular weight is 268 g/mol. The Labute approximate surface area is 107 Å². The van der Waals surface area contributed by atoms with Crippen LogP contribution in [0.4, 0.5) is 11.8 Å². The number of nitrogens with one attached hydrogen (secondary N) is 2. The summed E-state index contributed by atoms with van der Waals surface area (Å²) in [6.45, 7) is 2.63. The van der Waals surface area contributed by atoms with E-state index in [1.807, 2.05) is 6.92 Å². The molecule has 0 aliphatic rings. The van der Waals surface area contributed by atoms with Gasteiger partial charge in [0.25, 0.3) is 0 Å². The van der Waals surface area contributed by atoms with Gasteiger partial charge in [0.1, 0.15) is 5.52 Å². The topological polar surface area (TPSA) is 110 Å².